The Morgan fingerprint density at radius 2 is 1.85 bits per heavy atom. The summed E-state index contributed by atoms with van der Waals surface area (Å²) in [5.41, 5.74) is 5.11. The summed E-state index contributed by atoms with van der Waals surface area (Å²) in [5.74, 6) is -0.757. The van der Waals surface area contributed by atoms with E-state index in [2.05, 4.69) is 17.4 Å². The highest BCUT2D eigenvalue weighted by molar-refractivity contribution is 6.01. The highest BCUT2D eigenvalue weighted by atomic mass is 16.5. The summed E-state index contributed by atoms with van der Waals surface area (Å²) in [6, 6.07) is 21.2. The molecule has 0 radical (unpaired) electrons. The van der Waals surface area contributed by atoms with Crippen molar-refractivity contribution in [1.29, 1.82) is 5.26 Å². The molecule has 1 amide bonds. The molecule has 1 N–H and O–H groups in total. The Morgan fingerprint density at radius 3 is 2.56 bits per heavy atom. The first-order valence-corrected chi connectivity index (χ1v) is 11.3. The van der Waals surface area contributed by atoms with Crippen LogP contribution in [0.1, 0.15) is 46.2 Å². The van der Waals surface area contributed by atoms with Gasteiger partial charge in [0.15, 0.2) is 0 Å². The van der Waals surface area contributed by atoms with E-state index >= 15 is 0 Å². The summed E-state index contributed by atoms with van der Waals surface area (Å²) >= 11 is 0. The molecule has 6 nitrogen and oxygen atoms in total. The van der Waals surface area contributed by atoms with Gasteiger partial charge in [-0.25, -0.2) is 4.79 Å². The molecule has 0 atom stereocenters. The van der Waals surface area contributed by atoms with Gasteiger partial charge in [0.05, 0.1) is 12.2 Å². The van der Waals surface area contributed by atoms with Crippen LogP contribution in [0.2, 0.25) is 0 Å². The summed E-state index contributed by atoms with van der Waals surface area (Å²) in [5, 5.41) is 12.4. The predicted octanol–water partition coefficient (Wildman–Crippen LogP) is 4.93. The fourth-order valence-corrected chi connectivity index (χ4v) is 3.86. The Bertz CT molecular complexity index is 1230. The molecular weight excluding hydrogens is 426 g/mol. The predicted molar refractivity (Wildman–Crippen MR) is 133 cm³/mol. The number of hydrogen-bond acceptors (Lipinski definition) is 4. The molecule has 6 heteroatoms. The first-order valence-electron chi connectivity index (χ1n) is 11.3. The van der Waals surface area contributed by atoms with E-state index in [1.54, 1.807) is 31.2 Å². The average Bonchev–Trinajstić information content (AvgIpc) is 3.13. The van der Waals surface area contributed by atoms with Crippen LogP contribution in [0.25, 0.3) is 11.8 Å². The largest absolute Gasteiger partial charge is 0.462 e. The van der Waals surface area contributed by atoms with Crippen molar-refractivity contribution >= 4 is 18.0 Å². The second-order valence-corrected chi connectivity index (χ2v) is 7.95. The number of hydrogen-bond donors (Lipinski definition) is 1. The van der Waals surface area contributed by atoms with Crippen molar-refractivity contribution in [3.8, 4) is 11.8 Å². The van der Waals surface area contributed by atoms with Crippen molar-refractivity contribution in [2.75, 3.05) is 13.2 Å². The lowest BCUT2D eigenvalue weighted by Gasteiger charge is -2.11. The van der Waals surface area contributed by atoms with E-state index in [9.17, 15) is 14.9 Å². The third kappa shape index (κ3) is 6.02. The number of aromatic nitrogens is 1. The van der Waals surface area contributed by atoms with Gasteiger partial charge in [0.1, 0.15) is 11.6 Å². The highest BCUT2D eigenvalue weighted by Gasteiger charge is 2.15. The Kier molecular flexibility index (Phi) is 8.42. The van der Waals surface area contributed by atoms with Crippen molar-refractivity contribution in [3.05, 3.63) is 94.3 Å². The molecule has 0 unspecified atom stereocenters. The Morgan fingerprint density at radius 1 is 1.09 bits per heavy atom. The van der Waals surface area contributed by atoms with Crippen LogP contribution in [0.5, 0.6) is 0 Å². The summed E-state index contributed by atoms with van der Waals surface area (Å²) in [6.45, 7) is 6.43. The quantitative estimate of drug-likeness (QED) is 0.215. The van der Waals surface area contributed by atoms with Crippen LogP contribution < -0.4 is 5.32 Å². The van der Waals surface area contributed by atoms with Gasteiger partial charge in [0, 0.05) is 23.6 Å². The molecule has 0 aliphatic heterocycles. The third-order valence-electron chi connectivity index (χ3n) is 5.52. The zero-order valence-corrected chi connectivity index (χ0v) is 19.8. The first kappa shape index (κ1) is 24.5. The summed E-state index contributed by atoms with van der Waals surface area (Å²) in [6.07, 6.45) is 3.26. The lowest BCUT2D eigenvalue weighted by atomic mass is 10.1. The maximum atomic E-state index is 12.6. The third-order valence-corrected chi connectivity index (χ3v) is 5.52. The number of nitrogens with zero attached hydrogens (tertiary/aromatic N) is 2. The van der Waals surface area contributed by atoms with Gasteiger partial charge < -0.3 is 14.6 Å². The number of aryl methyl sites for hydroxylation is 2. The van der Waals surface area contributed by atoms with Gasteiger partial charge in [-0.3, -0.25) is 4.79 Å². The lowest BCUT2D eigenvalue weighted by molar-refractivity contribution is -0.117. The number of amides is 1. The van der Waals surface area contributed by atoms with Crippen molar-refractivity contribution in [3.63, 3.8) is 0 Å². The summed E-state index contributed by atoms with van der Waals surface area (Å²) in [4.78, 5) is 24.7. The fourth-order valence-electron chi connectivity index (χ4n) is 3.86. The number of carbonyl (C=O) groups excluding carboxylic acids is 2. The van der Waals surface area contributed by atoms with Gasteiger partial charge in [-0.1, -0.05) is 36.4 Å². The van der Waals surface area contributed by atoms with Crippen LogP contribution in [0.3, 0.4) is 0 Å². The molecule has 0 spiro atoms. The molecule has 1 aromatic heterocycles. The number of ether oxygens (including phenoxy) is 1. The Balaban J connectivity index is 1.74. The van der Waals surface area contributed by atoms with E-state index in [1.165, 1.54) is 5.56 Å². The standard InChI is InChI=1S/C28H29N3O3/c1-4-34-28(33)23-13-8-14-26(18-23)31-20(2)16-24(21(31)3)17-25(19-29)27(32)30-15-9-12-22-10-6-5-7-11-22/h5-8,10-11,13-14,16-18H,4,9,12,15H2,1-3H3,(H,30,32)/b25-17-. The zero-order chi connectivity index (χ0) is 24.5. The van der Waals surface area contributed by atoms with Crippen molar-refractivity contribution in [2.45, 2.75) is 33.6 Å². The van der Waals surface area contributed by atoms with Crippen molar-refractivity contribution < 1.29 is 14.3 Å². The van der Waals surface area contributed by atoms with Gasteiger partial charge in [0.25, 0.3) is 5.91 Å². The molecule has 3 rings (SSSR count). The molecule has 0 fully saturated rings. The number of nitrogens with one attached hydrogen (secondary N) is 1. The second-order valence-electron chi connectivity index (χ2n) is 7.95. The van der Waals surface area contributed by atoms with E-state index in [-0.39, 0.29) is 17.4 Å². The minimum absolute atomic E-state index is 0.0558. The SMILES string of the molecule is CCOC(=O)c1cccc(-n2c(C)cc(/C=C(/C#N)C(=O)NCCCc3ccccc3)c2C)c1. The van der Waals surface area contributed by atoms with E-state index < -0.39 is 0 Å². The maximum Gasteiger partial charge on any atom is 0.338 e. The second kappa shape index (κ2) is 11.7. The molecule has 0 saturated carbocycles. The van der Waals surface area contributed by atoms with Crippen molar-refractivity contribution in [1.82, 2.24) is 9.88 Å². The monoisotopic (exact) mass is 455 g/mol. The molecule has 3 aromatic rings. The van der Waals surface area contributed by atoms with Crippen LogP contribution in [0, 0.1) is 25.2 Å². The molecule has 0 saturated heterocycles. The van der Waals surface area contributed by atoms with Crippen LogP contribution in [-0.2, 0) is 16.0 Å². The topological polar surface area (TPSA) is 84.1 Å². The van der Waals surface area contributed by atoms with Crippen molar-refractivity contribution in [2.24, 2.45) is 0 Å². The molecule has 34 heavy (non-hydrogen) atoms. The van der Waals surface area contributed by atoms with E-state index in [0.29, 0.717) is 18.7 Å². The van der Waals surface area contributed by atoms with Crippen LogP contribution in [0.15, 0.2) is 66.2 Å². The molecule has 1 heterocycles. The highest BCUT2D eigenvalue weighted by Crippen LogP contribution is 2.24. The molecule has 0 aliphatic carbocycles. The molecular formula is C28H29N3O3. The van der Waals surface area contributed by atoms with Gasteiger partial charge in [-0.05, 0) is 75.1 Å². The maximum absolute atomic E-state index is 12.6. The molecule has 0 aliphatic rings. The number of benzene rings is 2. The fraction of sp³-hybridized carbons (Fsp3) is 0.250. The first-order chi connectivity index (χ1) is 16.4. The minimum atomic E-state index is -0.385. The number of rotatable bonds is 9. The van der Waals surface area contributed by atoms with E-state index in [0.717, 1.165) is 35.5 Å². The Labute approximate surface area is 200 Å². The van der Waals surface area contributed by atoms with Gasteiger partial charge in [-0.15, -0.1) is 0 Å². The number of nitriles is 1. The minimum Gasteiger partial charge on any atom is -0.462 e. The molecule has 0 bridgehead atoms. The van der Waals surface area contributed by atoms with Gasteiger partial charge in [-0.2, -0.15) is 5.26 Å². The van der Waals surface area contributed by atoms with Gasteiger partial charge in [0.2, 0.25) is 0 Å². The molecule has 174 valence electrons. The van der Waals surface area contributed by atoms with Gasteiger partial charge >= 0.3 is 5.97 Å². The number of esters is 1. The van der Waals surface area contributed by atoms with Crippen LogP contribution >= 0.6 is 0 Å². The summed E-state index contributed by atoms with van der Waals surface area (Å²) in [7, 11) is 0. The zero-order valence-electron chi connectivity index (χ0n) is 19.8. The smallest absolute Gasteiger partial charge is 0.338 e. The van der Waals surface area contributed by atoms with Crippen LogP contribution in [0.4, 0.5) is 0 Å². The van der Waals surface area contributed by atoms with E-state index in [1.807, 2.05) is 54.8 Å². The summed E-state index contributed by atoms with van der Waals surface area (Å²) < 4.78 is 7.09. The lowest BCUT2D eigenvalue weighted by Crippen LogP contribution is -2.25. The normalized spacial score (nSPS) is 11.1. The average molecular weight is 456 g/mol. The molecule has 2 aromatic carbocycles. The van der Waals surface area contributed by atoms with E-state index in [4.69, 9.17) is 4.74 Å². The number of carbonyl (C=O) groups is 2. The van der Waals surface area contributed by atoms with Crippen LogP contribution in [-0.4, -0.2) is 29.6 Å². The Hall–Kier alpha value is -4.11.